The van der Waals surface area contributed by atoms with Crippen LogP contribution in [0, 0.1) is 12.8 Å². The van der Waals surface area contributed by atoms with E-state index >= 15 is 0 Å². The monoisotopic (exact) mass is 536 g/mol. The fraction of sp³-hybridized carbons (Fsp3) is 0.391. The lowest BCUT2D eigenvalue weighted by Crippen LogP contribution is -2.32. The SMILES string of the molecule is Cc1cc(Cl)cc(C(CCl)C(CCl)C(=O)Nc2ccc(Cl)c(C(=O)N3CCC(F)(F)C3)c2)c1. The van der Waals surface area contributed by atoms with Gasteiger partial charge >= 0.3 is 0 Å². The lowest BCUT2D eigenvalue weighted by molar-refractivity contribution is -0.119. The van der Waals surface area contributed by atoms with Crippen LogP contribution in [-0.2, 0) is 4.79 Å². The first-order chi connectivity index (χ1) is 15.5. The summed E-state index contributed by atoms with van der Waals surface area (Å²) in [5, 5.41) is 3.38. The number of amides is 2. The smallest absolute Gasteiger partial charge is 0.267 e. The van der Waals surface area contributed by atoms with Crippen LogP contribution in [0.2, 0.25) is 10.0 Å². The zero-order valence-electron chi connectivity index (χ0n) is 17.7. The fourth-order valence-corrected chi connectivity index (χ4v) is 5.09. The molecule has 2 unspecified atom stereocenters. The van der Waals surface area contributed by atoms with Gasteiger partial charge in [0.2, 0.25) is 5.91 Å². The minimum absolute atomic E-state index is 0.00296. The lowest BCUT2D eigenvalue weighted by atomic mass is 9.87. The van der Waals surface area contributed by atoms with Gasteiger partial charge in [-0.25, -0.2) is 8.78 Å². The number of hydrogen-bond donors (Lipinski definition) is 1. The third-order valence-electron chi connectivity index (χ3n) is 5.57. The number of likely N-dealkylation sites (tertiary alicyclic amines) is 1. The lowest BCUT2D eigenvalue weighted by Gasteiger charge is -2.24. The molecule has 1 aliphatic rings. The first kappa shape index (κ1) is 26.0. The molecule has 10 heteroatoms. The summed E-state index contributed by atoms with van der Waals surface area (Å²) in [5.41, 5.74) is 2.05. The Labute approximate surface area is 211 Å². The van der Waals surface area contributed by atoms with Crippen molar-refractivity contribution in [2.45, 2.75) is 25.2 Å². The van der Waals surface area contributed by atoms with E-state index in [9.17, 15) is 18.4 Å². The van der Waals surface area contributed by atoms with E-state index in [1.54, 1.807) is 12.1 Å². The Balaban J connectivity index is 1.81. The van der Waals surface area contributed by atoms with E-state index in [1.807, 2.05) is 13.0 Å². The van der Waals surface area contributed by atoms with E-state index in [-0.39, 0.29) is 28.9 Å². The van der Waals surface area contributed by atoms with Crippen LogP contribution < -0.4 is 5.32 Å². The minimum atomic E-state index is -2.92. The third kappa shape index (κ3) is 6.30. The molecule has 0 bridgehead atoms. The van der Waals surface area contributed by atoms with Gasteiger partial charge in [0.25, 0.3) is 11.8 Å². The van der Waals surface area contributed by atoms with Crippen molar-refractivity contribution in [3.8, 4) is 0 Å². The first-order valence-electron chi connectivity index (χ1n) is 10.2. The number of carbonyl (C=O) groups is 2. The topological polar surface area (TPSA) is 49.4 Å². The van der Waals surface area contributed by atoms with Gasteiger partial charge in [0.05, 0.1) is 23.0 Å². The van der Waals surface area contributed by atoms with E-state index in [0.29, 0.717) is 10.7 Å². The molecule has 33 heavy (non-hydrogen) atoms. The molecule has 1 heterocycles. The molecule has 1 aliphatic heterocycles. The number of aryl methyl sites for hydroxylation is 1. The van der Waals surface area contributed by atoms with Crippen molar-refractivity contribution in [3.63, 3.8) is 0 Å². The van der Waals surface area contributed by atoms with Crippen LogP contribution in [-0.4, -0.2) is 47.5 Å². The molecule has 1 N–H and O–H groups in total. The average molecular weight is 538 g/mol. The highest BCUT2D eigenvalue weighted by atomic mass is 35.5. The molecular formula is C23H22Cl4F2N2O2. The third-order valence-corrected chi connectivity index (χ3v) is 6.78. The highest BCUT2D eigenvalue weighted by Gasteiger charge is 2.41. The second kappa shape index (κ2) is 10.8. The van der Waals surface area contributed by atoms with Crippen LogP contribution in [0.5, 0.6) is 0 Å². The van der Waals surface area contributed by atoms with Crippen LogP contribution in [0.25, 0.3) is 0 Å². The molecule has 0 saturated carbocycles. The summed E-state index contributed by atoms with van der Waals surface area (Å²) in [7, 11) is 0. The van der Waals surface area contributed by atoms with E-state index in [0.717, 1.165) is 16.0 Å². The highest BCUT2D eigenvalue weighted by molar-refractivity contribution is 6.34. The number of carbonyl (C=O) groups excluding carboxylic acids is 2. The number of anilines is 1. The highest BCUT2D eigenvalue weighted by Crippen LogP contribution is 2.33. The van der Waals surface area contributed by atoms with Gasteiger partial charge in [0.15, 0.2) is 0 Å². The Kier molecular flexibility index (Phi) is 8.49. The van der Waals surface area contributed by atoms with Crippen molar-refractivity contribution < 1.29 is 18.4 Å². The van der Waals surface area contributed by atoms with Crippen molar-refractivity contribution in [2.75, 3.05) is 30.2 Å². The van der Waals surface area contributed by atoms with Crippen LogP contribution in [0.4, 0.5) is 14.5 Å². The number of halogens is 6. The second-order valence-electron chi connectivity index (χ2n) is 8.10. The maximum Gasteiger partial charge on any atom is 0.267 e. The first-order valence-corrected chi connectivity index (χ1v) is 12.0. The van der Waals surface area contributed by atoms with Crippen molar-refractivity contribution in [1.29, 1.82) is 0 Å². The molecule has 178 valence electrons. The molecule has 2 atom stereocenters. The molecule has 1 saturated heterocycles. The van der Waals surface area contributed by atoms with Crippen molar-refractivity contribution in [3.05, 3.63) is 63.1 Å². The average Bonchev–Trinajstić information content (AvgIpc) is 3.11. The zero-order chi connectivity index (χ0) is 24.3. The predicted octanol–water partition coefficient (Wildman–Crippen LogP) is 6.60. The Hall–Kier alpha value is -1.60. The number of nitrogens with zero attached hydrogens (tertiary/aromatic N) is 1. The molecule has 2 amide bonds. The molecule has 0 spiro atoms. The van der Waals surface area contributed by atoms with Gasteiger partial charge in [-0.3, -0.25) is 9.59 Å². The van der Waals surface area contributed by atoms with Crippen molar-refractivity contribution in [1.82, 2.24) is 4.90 Å². The van der Waals surface area contributed by atoms with E-state index < -0.39 is 42.5 Å². The molecule has 0 aliphatic carbocycles. The van der Waals surface area contributed by atoms with Gasteiger partial charge in [-0.1, -0.05) is 29.3 Å². The van der Waals surface area contributed by atoms with Crippen LogP contribution in [0.3, 0.4) is 0 Å². The number of hydrogen-bond acceptors (Lipinski definition) is 2. The van der Waals surface area contributed by atoms with Crippen LogP contribution in [0.15, 0.2) is 36.4 Å². The van der Waals surface area contributed by atoms with Gasteiger partial charge in [0, 0.05) is 41.4 Å². The summed E-state index contributed by atoms with van der Waals surface area (Å²) in [5.74, 6) is -4.89. The maximum absolute atomic E-state index is 13.5. The normalized spacial score (nSPS) is 17.0. The summed E-state index contributed by atoms with van der Waals surface area (Å²) < 4.78 is 27.1. The van der Waals surface area contributed by atoms with Gasteiger partial charge in [0.1, 0.15) is 0 Å². The van der Waals surface area contributed by atoms with Gasteiger partial charge in [-0.05, 0) is 48.4 Å². The van der Waals surface area contributed by atoms with Crippen molar-refractivity contribution in [2.24, 2.45) is 5.92 Å². The van der Waals surface area contributed by atoms with Crippen LogP contribution >= 0.6 is 46.4 Å². The summed E-state index contributed by atoms with van der Waals surface area (Å²) in [6.07, 6.45) is -0.396. The number of rotatable bonds is 7. The summed E-state index contributed by atoms with van der Waals surface area (Å²) >= 11 is 24.7. The number of benzene rings is 2. The van der Waals surface area contributed by atoms with E-state index in [2.05, 4.69) is 5.32 Å². The summed E-state index contributed by atoms with van der Waals surface area (Å²) in [4.78, 5) is 26.9. The predicted molar refractivity (Wildman–Crippen MR) is 129 cm³/mol. The molecule has 3 rings (SSSR count). The Morgan fingerprint density at radius 1 is 1.12 bits per heavy atom. The molecule has 2 aromatic carbocycles. The van der Waals surface area contributed by atoms with E-state index in [4.69, 9.17) is 46.4 Å². The molecule has 1 fully saturated rings. The minimum Gasteiger partial charge on any atom is -0.332 e. The Morgan fingerprint density at radius 3 is 2.42 bits per heavy atom. The quantitative estimate of drug-likeness (QED) is 0.404. The molecule has 0 radical (unpaired) electrons. The number of alkyl halides is 4. The van der Waals surface area contributed by atoms with Crippen LogP contribution in [0.1, 0.15) is 33.8 Å². The molecule has 4 nitrogen and oxygen atoms in total. The standard InChI is InChI=1S/C23H22Cl4F2N2O2/c1-13-6-14(8-15(26)7-13)18(10-24)19(11-25)21(32)30-16-2-3-20(27)17(9-16)22(33)31-5-4-23(28,29)12-31/h2-3,6-9,18-19H,4-5,10-12H2,1H3,(H,30,32). The van der Waals surface area contributed by atoms with Gasteiger partial charge in [-0.2, -0.15) is 0 Å². The molecule has 0 aromatic heterocycles. The second-order valence-corrected chi connectivity index (χ2v) is 9.56. The fourth-order valence-electron chi connectivity index (χ4n) is 3.85. The van der Waals surface area contributed by atoms with Gasteiger partial charge < -0.3 is 10.2 Å². The van der Waals surface area contributed by atoms with Crippen molar-refractivity contribution >= 4 is 63.9 Å². The largest absolute Gasteiger partial charge is 0.332 e. The number of nitrogens with one attached hydrogen (secondary N) is 1. The zero-order valence-corrected chi connectivity index (χ0v) is 20.7. The molecular weight excluding hydrogens is 516 g/mol. The Bertz CT molecular complexity index is 1030. The van der Waals surface area contributed by atoms with Gasteiger partial charge in [-0.15, -0.1) is 23.2 Å². The Morgan fingerprint density at radius 2 is 1.85 bits per heavy atom. The maximum atomic E-state index is 13.5. The summed E-state index contributed by atoms with van der Waals surface area (Å²) in [6.45, 7) is 1.16. The summed E-state index contributed by atoms with van der Waals surface area (Å²) in [6, 6.07) is 9.79. The molecule has 2 aromatic rings. The van der Waals surface area contributed by atoms with E-state index in [1.165, 1.54) is 18.2 Å².